The van der Waals surface area contributed by atoms with Gasteiger partial charge in [0.05, 0.1) is 4.88 Å². The van der Waals surface area contributed by atoms with Crippen LogP contribution in [0.3, 0.4) is 0 Å². The molecule has 0 atom stereocenters. The lowest BCUT2D eigenvalue weighted by Gasteiger charge is -1.91. The lowest BCUT2D eigenvalue weighted by atomic mass is 10.3. The first-order valence-electron chi connectivity index (χ1n) is 3.27. The number of thiophene rings is 1. The van der Waals surface area contributed by atoms with E-state index in [2.05, 4.69) is 5.32 Å². The molecule has 0 aliphatic carbocycles. The van der Waals surface area contributed by atoms with E-state index >= 15 is 0 Å². The molecular weight excluding hydrogens is 160 g/mol. The third kappa shape index (κ3) is 1.78. The van der Waals surface area contributed by atoms with E-state index in [-0.39, 0.29) is 5.91 Å². The number of nitrogens with two attached hydrogens (primary N) is 1. The van der Waals surface area contributed by atoms with E-state index in [9.17, 15) is 4.79 Å². The van der Waals surface area contributed by atoms with Gasteiger partial charge in [0, 0.05) is 13.6 Å². The minimum absolute atomic E-state index is 0.0466. The van der Waals surface area contributed by atoms with E-state index in [4.69, 9.17) is 5.73 Å². The van der Waals surface area contributed by atoms with Crippen molar-refractivity contribution >= 4 is 17.2 Å². The standard InChI is InChI=1S/C7H10N2OS/c1-9-7(10)6-2-5(3-8)4-11-6/h2,4H,3,8H2,1H3,(H,9,10). The van der Waals surface area contributed by atoms with Gasteiger partial charge in [0.2, 0.25) is 0 Å². The number of rotatable bonds is 2. The summed E-state index contributed by atoms with van der Waals surface area (Å²) in [4.78, 5) is 11.7. The van der Waals surface area contributed by atoms with Crippen molar-refractivity contribution in [3.05, 3.63) is 21.9 Å². The summed E-state index contributed by atoms with van der Waals surface area (Å²) in [5, 5.41) is 4.44. The average Bonchev–Trinajstić information content (AvgIpc) is 2.50. The van der Waals surface area contributed by atoms with Crippen LogP contribution in [0.2, 0.25) is 0 Å². The van der Waals surface area contributed by atoms with Crippen LogP contribution in [0.15, 0.2) is 11.4 Å². The van der Waals surface area contributed by atoms with Gasteiger partial charge in [-0.05, 0) is 17.0 Å². The molecule has 0 spiro atoms. The van der Waals surface area contributed by atoms with Crippen LogP contribution in [0, 0.1) is 0 Å². The van der Waals surface area contributed by atoms with Gasteiger partial charge in [-0.3, -0.25) is 4.79 Å². The van der Waals surface area contributed by atoms with Crippen molar-refractivity contribution in [1.82, 2.24) is 5.32 Å². The Kier molecular flexibility index (Phi) is 2.62. The molecule has 1 aromatic rings. The summed E-state index contributed by atoms with van der Waals surface area (Å²) in [6, 6.07) is 1.81. The first-order valence-corrected chi connectivity index (χ1v) is 4.15. The van der Waals surface area contributed by atoms with Crippen LogP contribution in [0.25, 0.3) is 0 Å². The zero-order valence-electron chi connectivity index (χ0n) is 6.26. The van der Waals surface area contributed by atoms with Crippen molar-refractivity contribution in [2.45, 2.75) is 6.54 Å². The van der Waals surface area contributed by atoms with Crippen LogP contribution in [0.1, 0.15) is 15.2 Å². The van der Waals surface area contributed by atoms with Gasteiger partial charge in [-0.15, -0.1) is 11.3 Å². The SMILES string of the molecule is CNC(=O)c1cc(CN)cs1. The second-order valence-corrected chi connectivity index (χ2v) is 3.01. The van der Waals surface area contributed by atoms with Crippen molar-refractivity contribution in [2.75, 3.05) is 7.05 Å². The van der Waals surface area contributed by atoms with E-state index in [0.29, 0.717) is 11.4 Å². The summed E-state index contributed by atoms with van der Waals surface area (Å²) in [6.45, 7) is 0.494. The maximum atomic E-state index is 11.0. The summed E-state index contributed by atoms with van der Waals surface area (Å²) in [5.74, 6) is -0.0466. The van der Waals surface area contributed by atoms with Crippen LogP contribution in [0.5, 0.6) is 0 Å². The summed E-state index contributed by atoms with van der Waals surface area (Å²) in [5.41, 5.74) is 6.39. The highest BCUT2D eigenvalue weighted by Gasteiger charge is 2.04. The van der Waals surface area contributed by atoms with Crippen molar-refractivity contribution in [1.29, 1.82) is 0 Å². The molecule has 0 unspecified atom stereocenters. The zero-order chi connectivity index (χ0) is 8.27. The van der Waals surface area contributed by atoms with Gasteiger partial charge >= 0.3 is 0 Å². The summed E-state index contributed by atoms with van der Waals surface area (Å²) in [7, 11) is 1.62. The molecule has 1 amide bonds. The van der Waals surface area contributed by atoms with E-state index in [1.54, 1.807) is 7.05 Å². The molecule has 1 rings (SSSR count). The summed E-state index contributed by atoms with van der Waals surface area (Å²) >= 11 is 1.41. The minimum Gasteiger partial charge on any atom is -0.354 e. The fourth-order valence-corrected chi connectivity index (χ4v) is 1.60. The Labute approximate surface area is 69.2 Å². The van der Waals surface area contributed by atoms with Crippen molar-refractivity contribution in [3.8, 4) is 0 Å². The van der Waals surface area contributed by atoms with E-state index < -0.39 is 0 Å². The average molecular weight is 170 g/mol. The maximum Gasteiger partial charge on any atom is 0.261 e. The normalized spacial score (nSPS) is 9.64. The molecule has 11 heavy (non-hydrogen) atoms. The molecule has 0 fully saturated rings. The van der Waals surface area contributed by atoms with E-state index in [1.165, 1.54) is 11.3 Å². The maximum absolute atomic E-state index is 11.0. The van der Waals surface area contributed by atoms with Crippen LogP contribution < -0.4 is 11.1 Å². The Hall–Kier alpha value is -0.870. The smallest absolute Gasteiger partial charge is 0.261 e. The predicted molar refractivity (Wildman–Crippen MR) is 45.6 cm³/mol. The molecule has 3 N–H and O–H groups in total. The lowest BCUT2D eigenvalue weighted by Crippen LogP contribution is -2.16. The van der Waals surface area contributed by atoms with E-state index in [1.807, 2.05) is 11.4 Å². The molecule has 0 aliphatic heterocycles. The molecule has 0 radical (unpaired) electrons. The van der Waals surface area contributed by atoms with Crippen molar-refractivity contribution in [3.63, 3.8) is 0 Å². The highest BCUT2D eigenvalue weighted by Crippen LogP contribution is 2.13. The first kappa shape index (κ1) is 8.23. The summed E-state index contributed by atoms with van der Waals surface area (Å²) in [6.07, 6.45) is 0. The number of amides is 1. The third-order valence-electron chi connectivity index (χ3n) is 1.34. The molecule has 0 aromatic carbocycles. The number of nitrogens with one attached hydrogen (secondary N) is 1. The fourth-order valence-electron chi connectivity index (χ4n) is 0.725. The molecule has 4 heteroatoms. The Morgan fingerprint density at radius 3 is 3.00 bits per heavy atom. The molecule has 0 saturated heterocycles. The summed E-state index contributed by atoms with van der Waals surface area (Å²) < 4.78 is 0. The first-order chi connectivity index (χ1) is 5.27. The number of hydrogen-bond acceptors (Lipinski definition) is 3. The Bertz CT molecular complexity index is 257. The molecule has 1 aromatic heterocycles. The minimum atomic E-state index is -0.0466. The highest BCUT2D eigenvalue weighted by atomic mass is 32.1. The topological polar surface area (TPSA) is 55.1 Å². The zero-order valence-corrected chi connectivity index (χ0v) is 7.07. The number of hydrogen-bond donors (Lipinski definition) is 2. The van der Waals surface area contributed by atoms with Crippen molar-refractivity contribution < 1.29 is 4.79 Å². The van der Waals surface area contributed by atoms with Gasteiger partial charge in [-0.25, -0.2) is 0 Å². The molecule has 1 heterocycles. The van der Waals surface area contributed by atoms with Gasteiger partial charge in [-0.2, -0.15) is 0 Å². The molecule has 60 valence electrons. The number of carbonyl (C=O) groups excluding carboxylic acids is 1. The van der Waals surface area contributed by atoms with Crippen molar-refractivity contribution in [2.24, 2.45) is 5.73 Å². The van der Waals surface area contributed by atoms with Gasteiger partial charge in [0.1, 0.15) is 0 Å². The predicted octanol–water partition coefficient (Wildman–Crippen LogP) is 0.566. The quantitative estimate of drug-likeness (QED) is 0.681. The van der Waals surface area contributed by atoms with Gasteiger partial charge in [-0.1, -0.05) is 0 Å². The second kappa shape index (κ2) is 3.50. The van der Waals surface area contributed by atoms with Crippen LogP contribution in [-0.4, -0.2) is 13.0 Å². The Morgan fingerprint density at radius 2 is 2.55 bits per heavy atom. The Morgan fingerprint density at radius 1 is 1.82 bits per heavy atom. The van der Waals surface area contributed by atoms with Gasteiger partial charge < -0.3 is 11.1 Å². The highest BCUT2D eigenvalue weighted by molar-refractivity contribution is 7.12. The van der Waals surface area contributed by atoms with Crippen LogP contribution >= 0.6 is 11.3 Å². The number of carbonyl (C=O) groups is 1. The van der Waals surface area contributed by atoms with Crippen LogP contribution in [0.4, 0.5) is 0 Å². The molecular formula is C7H10N2OS. The fraction of sp³-hybridized carbons (Fsp3) is 0.286. The molecule has 0 aliphatic rings. The van der Waals surface area contributed by atoms with E-state index in [0.717, 1.165) is 5.56 Å². The third-order valence-corrected chi connectivity index (χ3v) is 2.32. The van der Waals surface area contributed by atoms with Crippen LogP contribution in [-0.2, 0) is 6.54 Å². The molecule has 0 bridgehead atoms. The largest absolute Gasteiger partial charge is 0.354 e. The molecule has 3 nitrogen and oxygen atoms in total. The van der Waals surface area contributed by atoms with Gasteiger partial charge in [0.15, 0.2) is 0 Å². The monoisotopic (exact) mass is 170 g/mol. The Balaban J connectivity index is 2.80. The second-order valence-electron chi connectivity index (χ2n) is 2.10. The van der Waals surface area contributed by atoms with Gasteiger partial charge in [0.25, 0.3) is 5.91 Å². The lowest BCUT2D eigenvalue weighted by molar-refractivity contribution is 0.0967. The molecule has 0 saturated carbocycles.